The summed E-state index contributed by atoms with van der Waals surface area (Å²) in [5.41, 5.74) is 0.859. The number of halogens is 2. The second-order valence-corrected chi connectivity index (χ2v) is 5.78. The summed E-state index contributed by atoms with van der Waals surface area (Å²) >= 11 is 12.1. The van der Waals surface area contributed by atoms with Crippen LogP contribution in [-0.2, 0) is 0 Å². The summed E-state index contributed by atoms with van der Waals surface area (Å²) in [5.74, 6) is 0.640. The van der Waals surface area contributed by atoms with E-state index in [9.17, 15) is 5.26 Å². The Morgan fingerprint density at radius 1 is 1.44 bits per heavy atom. The topological polar surface area (TPSA) is 27.0 Å². The normalized spacial score (nSPS) is 22.4. The molecule has 0 N–H and O–H groups in total. The molecule has 0 spiro atoms. The third-order valence-corrected chi connectivity index (χ3v) is 4.00. The van der Waals surface area contributed by atoms with Crippen molar-refractivity contribution in [3.05, 3.63) is 33.8 Å². The molecule has 4 heteroatoms. The van der Waals surface area contributed by atoms with Crippen LogP contribution in [0.1, 0.15) is 31.4 Å². The monoisotopic (exact) mass is 282 g/mol. The molecule has 96 valence electrons. The van der Waals surface area contributed by atoms with Gasteiger partial charge in [0.05, 0.1) is 6.07 Å². The Morgan fingerprint density at radius 2 is 2.22 bits per heavy atom. The first kappa shape index (κ1) is 13.7. The average Bonchev–Trinajstić information content (AvgIpc) is 2.33. The molecule has 1 fully saturated rings. The van der Waals surface area contributed by atoms with Crippen LogP contribution in [0.5, 0.6) is 0 Å². The van der Waals surface area contributed by atoms with Crippen molar-refractivity contribution in [1.82, 2.24) is 4.90 Å². The van der Waals surface area contributed by atoms with E-state index in [0.717, 1.165) is 25.1 Å². The van der Waals surface area contributed by atoms with Crippen molar-refractivity contribution in [1.29, 1.82) is 5.26 Å². The van der Waals surface area contributed by atoms with Gasteiger partial charge in [-0.1, -0.05) is 36.2 Å². The Labute approximate surface area is 118 Å². The highest BCUT2D eigenvalue weighted by molar-refractivity contribution is 6.35. The van der Waals surface area contributed by atoms with Crippen LogP contribution in [0.25, 0.3) is 0 Å². The molecule has 2 unspecified atom stereocenters. The molecule has 0 amide bonds. The summed E-state index contributed by atoms with van der Waals surface area (Å²) in [7, 11) is 0. The van der Waals surface area contributed by atoms with E-state index >= 15 is 0 Å². The highest BCUT2D eigenvalue weighted by Gasteiger charge is 2.26. The summed E-state index contributed by atoms with van der Waals surface area (Å²) in [4.78, 5) is 2.21. The molecular weight excluding hydrogens is 267 g/mol. The van der Waals surface area contributed by atoms with Crippen LogP contribution >= 0.6 is 23.2 Å². The predicted molar refractivity (Wildman–Crippen MR) is 74.8 cm³/mol. The van der Waals surface area contributed by atoms with Gasteiger partial charge in [0.2, 0.25) is 0 Å². The second-order valence-electron chi connectivity index (χ2n) is 4.94. The zero-order chi connectivity index (χ0) is 13.1. The molecule has 1 aliphatic rings. The van der Waals surface area contributed by atoms with Gasteiger partial charge in [-0.05, 0) is 37.4 Å². The maximum absolute atomic E-state index is 9.43. The molecule has 1 saturated heterocycles. The highest BCUT2D eigenvalue weighted by atomic mass is 35.5. The summed E-state index contributed by atoms with van der Waals surface area (Å²) < 4.78 is 0. The molecule has 18 heavy (non-hydrogen) atoms. The maximum Gasteiger partial charge on any atom is 0.125 e. The number of likely N-dealkylation sites (tertiary alicyclic amines) is 1. The number of piperidine rings is 1. The molecule has 2 nitrogen and oxygen atoms in total. The summed E-state index contributed by atoms with van der Waals surface area (Å²) in [5, 5.41) is 10.6. The van der Waals surface area contributed by atoms with Gasteiger partial charge in [0.25, 0.3) is 0 Å². The van der Waals surface area contributed by atoms with Gasteiger partial charge in [-0.2, -0.15) is 5.26 Å². The van der Waals surface area contributed by atoms with Gasteiger partial charge in [-0.15, -0.1) is 0 Å². The Hall–Kier alpha value is -0.750. The van der Waals surface area contributed by atoms with Crippen LogP contribution in [0.2, 0.25) is 10.0 Å². The molecule has 1 aromatic carbocycles. The lowest BCUT2D eigenvalue weighted by Gasteiger charge is -2.34. The van der Waals surface area contributed by atoms with Crippen LogP contribution in [0, 0.1) is 17.2 Å². The van der Waals surface area contributed by atoms with Crippen molar-refractivity contribution in [3.8, 4) is 6.07 Å². The third kappa shape index (κ3) is 2.98. The van der Waals surface area contributed by atoms with E-state index in [1.165, 1.54) is 6.42 Å². The number of hydrogen-bond acceptors (Lipinski definition) is 2. The minimum atomic E-state index is -0.266. The van der Waals surface area contributed by atoms with Crippen molar-refractivity contribution in [2.24, 2.45) is 5.92 Å². The first-order valence-corrected chi connectivity index (χ1v) is 6.96. The molecule has 0 radical (unpaired) electrons. The highest BCUT2D eigenvalue weighted by Crippen LogP contribution is 2.32. The van der Waals surface area contributed by atoms with E-state index in [4.69, 9.17) is 23.2 Å². The fourth-order valence-corrected chi connectivity index (χ4v) is 3.04. The van der Waals surface area contributed by atoms with Crippen molar-refractivity contribution < 1.29 is 0 Å². The minimum Gasteiger partial charge on any atom is -0.284 e. The fourth-order valence-electron chi connectivity index (χ4n) is 2.53. The molecule has 0 bridgehead atoms. The van der Waals surface area contributed by atoms with Crippen molar-refractivity contribution in [2.45, 2.75) is 25.8 Å². The molecule has 0 saturated carbocycles. The van der Waals surface area contributed by atoms with Crippen LogP contribution in [0.4, 0.5) is 0 Å². The molecule has 1 heterocycles. The zero-order valence-electron chi connectivity index (χ0n) is 10.4. The third-order valence-electron chi connectivity index (χ3n) is 3.43. The van der Waals surface area contributed by atoms with E-state index in [0.29, 0.717) is 16.0 Å². The lowest BCUT2D eigenvalue weighted by Crippen LogP contribution is -2.37. The fraction of sp³-hybridized carbons (Fsp3) is 0.500. The number of benzene rings is 1. The summed E-state index contributed by atoms with van der Waals surface area (Å²) in [6.07, 6.45) is 2.38. The van der Waals surface area contributed by atoms with Gasteiger partial charge in [-0.25, -0.2) is 0 Å². The van der Waals surface area contributed by atoms with E-state index in [1.807, 2.05) is 6.07 Å². The second kappa shape index (κ2) is 5.93. The van der Waals surface area contributed by atoms with Crippen molar-refractivity contribution >= 4 is 23.2 Å². The standard InChI is InChI=1S/C14H16Cl2N2/c1-10-3-2-6-18(9-10)14(8-17)12-5-4-11(15)7-13(12)16/h4-5,7,10,14H,2-3,6,9H2,1H3. The van der Waals surface area contributed by atoms with Gasteiger partial charge in [0, 0.05) is 22.2 Å². The van der Waals surface area contributed by atoms with Gasteiger partial charge in [0.1, 0.15) is 6.04 Å². The Kier molecular flexibility index (Phi) is 4.50. The van der Waals surface area contributed by atoms with Crippen molar-refractivity contribution in [3.63, 3.8) is 0 Å². The maximum atomic E-state index is 9.43. The van der Waals surface area contributed by atoms with Crippen molar-refractivity contribution in [2.75, 3.05) is 13.1 Å². The molecule has 0 aromatic heterocycles. The molecule has 2 atom stereocenters. The average molecular weight is 283 g/mol. The van der Waals surface area contributed by atoms with Gasteiger partial charge in [0.15, 0.2) is 0 Å². The lowest BCUT2D eigenvalue weighted by atomic mass is 9.96. The zero-order valence-corrected chi connectivity index (χ0v) is 11.9. The molecule has 1 aromatic rings. The lowest BCUT2D eigenvalue weighted by molar-refractivity contribution is 0.156. The van der Waals surface area contributed by atoms with Crippen LogP contribution < -0.4 is 0 Å². The number of hydrogen-bond donors (Lipinski definition) is 0. The van der Waals surface area contributed by atoms with E-state index < -0.39 is 0 Å². The largest absolute Gasteiger partial charge is 0.284 e. The first-order valence-electron chi connectivity index (χ1n) is 6.20. The van der Waals surface area contributed by atoms with E-state index in [1.54, 1.807) is 12.1 Å². The minimum absolute atomic E-state index is 0.266. The SMILES string of the molecule is CC1CCCN(C(C#N)c2ccc(Cl)cc2Cl)C1. The number of rotatable bonds is 2. The quantitative estimate of drug-likeness (QED) is 0.809. The molecular formula is C14H16Cl2N2. The Bertz CT molecular complexity index is 467. The summed E-state index contributed by atoms with van der Waals surface area (Å²) in [6, 6.07) is 7.46. The first-order chi connectivity index (χ1) is 8.61. The Morgan fingerprint density at radius 3 is 2.83 bits per heavy atom. The van der Waals surface area contributed by atoms with Gasteiger partial charge >= 0.3 is 0 Å². The molecule has 1 aliphatic heterocycles. The summed E-state index contributed by atoms with van der Waals surface area (Å²) in [6.45, 7) is 4.14. The smallest absolute Gasteiger partial charge is 0.125 e. The van der Waals surface area contributed by atoms with E-state index in [2.05, 4.69) is 17.9 Å². The van der Waals surface area contributed by atoms with Gasteiger partial charge < -0.3 is 0 Å². The molecule has 0 aliphatic carbocycles. The van der Waals surface area contributed by atoms with Crippen LogP contribution in [0.3, 0.4) is 0 Å². The van der Waals surface area contributed by atoms with Crippen LogP contribution in [-0.4, -0.2) is 18.0 Å². The van der Waals surface area contributed by atoms with E-state index in [-0.39, 0.29) is 6.04 Å². The Balaban J connectivity index is 2.25. The number of nitriles is 1. The predicted octanol–water partition coefficient (Wildman–Crippen LogP) is 4.29. The van der Waals surface area contributed by atoms with Crippen LogP contribution in [0.15, 0.2) is 18.2 Å². The number of nitrogens with zero attached hydrogens (tertiary/aromatic N) is 2. The van der Waals surface area contributed by atoms with Gasteiger partial charge in [-0.3, -0.25) is 4.90 Å². The molecule has 2 rings (SSSR count).